The van der Waals surface area contributed by atoms with Crippen LogP contribution in [0.3, 0.4) is 0 Å². The molecule has 1 aliphatic carbocycles. The van der Waals surface area contributed by atoms with Gasteiger partial charge in [-0.3, -0.25) is 0 Å². The molecule has 1 fully saturated rings. The first-order chi connectivity index (χ1) is 4.43. The van der Waals surface area contributed by atoms with Crippen molar-refractivity contribution in [3.63, 3.8) is 0 Å². The van der Waals surface area contributed by atoms with Crippen LogP contribution in [0.1, 0.15) is 32.1 Å². The predicted molar refractivity (Wildman–Crippen MR) is 44.7 cm³/mol. The fourth-order valence-electron chi connectivity index (χ4n) is 1.37. The van der Waals surface area contributed by atoms with E-state index in [1.807, 2.05) is 17.7 Å². The van der Waals surface area contributed by atoms with Crippen molar-refractivity contribution < 1.29 is 0 Å². The summed E-state index contributed by atoms with van der Waals surface area (Å²) in [5.74, 6) is 3.17. The highest BCUT2D eigenvalue weighted by Crippen LogP contribution is 2.30. The summed E-state index contributed by atoms with van der Waals surface area (Å²) in [6, 6.07) is 0. The van der Waals surface area contributed by atoms with Crippen LogP contribution < -0.4 is 0 Å². The Labute approximate surface area is 62.4 Å². The lowest BCUT2D eigenvalue weighted by atomic mass is 10.1. The van der Waals surface area contributed by atoms with E-state index in [9.17, 15) is 0 Å². The molecule has 9 heavy (non-hydrogen) atoms. The van der Waals surface area contributed by atoms with E-state index >= 15 is 0 Å². The molecule has 1 heteroatoms. The largest absolute Gasteiger partial charge is 0.165 e. The van der Waals surface area contributed by atoms with Gasteiger partial charge in [0.25, 0.3) is 0 Å². The highest BCUT2D eigenvalue weighted by Gasteiger charge is 2.13. The first-order valence-corrected chi connectivity index (χ1v) is 5.15. The monoisotopic (exact) mass is 143 g/mol. The van der Waals surface area contributed by atoms with Gasteiger partial charge in [0.05, 0.1) is 0 Å². The molecule has 0 heterocycles. The average Bonchev–Trinajstić information content (AvgIpc) is 2.34. The summed E-state index contributed by atoms with van der Waals surface area (Å²) in [6.45, 7) is 0. The Bertz CT molecular complexity index is 65.0. The molecule has 0 aromatic carbocycles. The molecular formula is C8H15S. The lowest BCUT2D eigenvalue weighted by Crippen LogP contribution is -1.90. The minimum atomic E-state index is 1.34. The maximum absolute atomic E-state index is 2.19. The van der Waals surface area contributed by atoms with E-state index < -0.39 is 0 Å². The standard InChI is InChI=1S/C8H15S/c1-9-7-6-8-4-2-3-5-8/h2-7H2,1H3. The minimum Gasteiger partial charge on any atom is -0.165 e. The van der Waals surface area contributed by atoms with E-state index in [0.29, 0.717) is 0 Å². The fraction of sp³-hybridized carbons (Fsp3) is 0.875. The van der Waals surface area contributed by atoms with Crippen LogP contribution in [-0.4, -0.2) is 12.0 Å². The summed E-state index contributed by atoms with van der Waals surface area (Å²) >= 11 is 1.97. The van der Waals surface area contributed by atoms with Crippen LogP contribution >= 0.6 is 11.8 Å². The van der Waals surface area contributed by atoms with E-state index in [-0.39, 0.29) is 0 Å². The lowest BCUT2D eigenvalue weighted by Gasteiger charge is -2.04. The van der Waals surface area contributed by atoms with Gasteiger partial charge in [0.15, 0.2) is 0 Å². The molecule has 0 nitrogen and oxygen atoms in total. The lowest BCUT2D eigenvalue weighted by molar-refractivity contribution is 0.822. The van der Waals surface area contributed by atoms with Crippen molar-refractivity contribution in [2.45, 2.75) is 32.1 Å². The van der Waals surface area contributed by atoms with Crippen molar-refractivity contribution in [1.82, 2.24) is 0 Å². The number of rotatable bonds is 3. The molecule has 0 saturated heterocycles. The summed E-state index contributed by atoms with van der Waals surface area (Å²) < 4.78 is 0. The molecule has 0 aliphatic heterocycles. The zero-order valence-corrected chi connectivity index (χ0v) is 6.97. The molecule has 0 bridgehead atoms. The maximum Gasteiger partial charge on any atom is -0.00648 e. The van der Waals surface area contributed by atoms with Gasteiger partial charge < -0.3 is 0 Å². The maximum atomic E-state index is 2.19. The number of thioether (sulfide) groups is 1. The van der Waals surface area contributed by atoms with E-state index in [4.69, 9.17) is 0 Å². The molecule has 0 aromatic rings. The van der Waals surface area contributed by atoms with Gasteiger partial charge >= 0.3 is 0 Å². The Hall–Kier alpha value is 0.350. The molecule has 1 rings (SSSR count). The van der Waals surface area contributed by atoms with Gasteiger partial charge in [0, 0.05) is 0 Å². The zero-order chi connectivity index (χ0) is 6.53. The van der Waals surface area contributed by atoms with E-state index in [0.717, 1.165) is 0 Å². The Morgan fingerprint density at radius 2 is 2.00 bits per heavy atom. The number of hydrogen-bond donors (Lipinski definition) is 0. The third-order valence-corrected chi connectivity index (χ3v) is 2.58. The average molecular weight is 143 g/mol. The normalized spacial score (nSPS) is 21.0. The van der Waals surface area contributed by atoms with Gasteiger partial charge in [0.2, 0.25) is 0 Å². The third kappa shape index (κ3) is 2.61. The molecule has 53 valence electrons. The van der Waals surface area contributed by atoms with Gasteiger partial charge in [-0.1, -0.05) is 12.8 Å². The molecule has 0 unspecified atom stereocenters. The Kier molecular flexibility index (Phi) is 3.49. The Balaban J connectivity index is 1.98. The summed E-state index contributed by atoms with van der Waals surface area (Å²) in [6.07, 6.45) is 9.37. The zero-order valence-electron chi connectivity index (χ0n) is 6.15. The van der Waals surface area contributed by atoms with Crippen molar-refractivity contribution in [2.75, 3.05) is 12.0 Å². The van der Waals surface area contributed by atoms with Crippen molar-refractivity contribution in [2.24, 2.45) is 0 Å². The highest BCUT2D eigenvalue weighted by molar-refractivity contribution is 7.98. The van der Waals surface area contributed by atoms with Crippen LogP contribution in [0.15, 0.2) is 0 Å². The molecule has 0 aromatic heterocycles. The quantitative estimate of drug-likeness (QED) is 0.585. The van der Waals surface area contributed by atoms with Gasteiger partial charge in [-0.2, -0.15) is 11.8 Å². The molecule has 0 atom stereocenters. The Morgan fingerprint density at radius 1 is 1.33 bits per heavy atom. The van der Waals surface area contributed by atoms with Crippen LogP contribution in [0.5, 0.6) is 0 Å². The van der Waals surface area contributed by atoms with E-state index in [1.54, 1.807) is 0 Å². The minimum absolute atomic E-state index is 1.34. The van der Waals surface area contributed by atoms with Crippen LogP contribution in [0.4, 0.5) is 0 Å². The molecule has 1 aliphatic rings. The second kappa shape index (κ2) is 4.21. The van der Waals surface area contributed by atoms with Gasteiger partial charge in [0.1, 0.15) is 0 Å². The molecular weight excluding hydrogens is 128 g/mol. The smallest absolute Gasteiger partial charge is 0.00648 e. The molecule has 0 N–H and O–H groups in total. The first kappa shape index (κ1) is 7.46. The molecule has 1 radical (unpaired) electrons. The summed E-state index contributed by atoms with van der Waals surface area (Å²) in [5.41, 5.74) is 0. The van der Waals surface area contributed by atoms with Crippen molar-refractivity contribution in [3.05, 3.63) is 5.92 Å². The molecule has 1 saturated carbocycles. The summed E-state index contributed by atoms with van der Waals surface area (Å²) in [5, 5.41) is 0. The number of hydrogen-bond acceptors (Lipinski definition) is 1. The van der Waals surface area contributed by atoms with Gasteiger partial charge in [-0.25, -0.2) is 0 Å². The van der Waals surface area contributed by atoms with Crippen molar-refractivity contribution in [3.8, 4) is 0 Å². The molecule has 0 amide bonds. The fourth-order valence-corrected chi connectivity index (χ4v) is 1.86. The van der Waals surface area contributed by atoms with E-state index in [2.05, 4.69) is 6.26 Å². The Morgan fingerprint density at radius 3 is 2.56 bits per heavy atom. The highest BCUT2D eigenvalue weighted by atomic mass is 32.2. The van der Waals surface area contributed by atoms with E-state index in [1.165, 1.54) is 37.9 Å². The predicted octanol–water partition coefficient (Wildman–Crippen LogP) is 2.89. The second-order valence-electron chi connectivity index (χ2n) is 2.70. The van der Waals surface area contributed by atoms with Gasteiger partial charge in [-0.05, 0) is 37.2 Å². The topological polar surface area (TPSA) is 0 Å². The van der Waals surface area contributed by atoms with Crippen molar-refractivity contribution >= 4 is 11.8 Å². The summed E-state index contributed by atoms with van der Waals surface area (Å²) in [4.78, 5) is 0. The van der Waals surface area contributed by atoms with Crippen LogP contribution in [0, 0.1) is 5.92 Å². The molecule has 0 spiro atoms. The van der Waals surface area contributed by atoms with Crippen LogP contribution in [0.25, 0.3) is 0 Å². The second-order valence-corrected chi connectivity index (χ2v) is 3.69. The first-order valence-electron chi connectivity index (χ1n) is 3.76. The summed E-state index contributed by atoms with van der Waals surface area (Å²) in [7, 11) is 0. The van der Waals surface area contributed by atoms with Gasteiger partial charge in [-0.15, -0.1) is 0 Å². The van der Waals surface area contributed by atoms with Crippen LogP contribution in [0.2, 0.25) is 0 Å². The third-order valence-electron chi connectivity index (χ3n) is 1.97. The SMILES string of the molecule is CSCC[C]1CCCC1. The van der Waals surface area contributed by atoms with Crippen molar-refractivity contribution in [1.29, 1.82) is 0 Å². The van der Waals surface area contributed by atoms with Crippen LogP contribution in [-0.2, 0) is 0 Å².